The van der Waals surface area contributed by atoms with Gasteiger partial charge in [0.1, 0.15) is 11.2 Å². The minimum Gasteiger partial charge on any atom is -0.320 e. The first-order valence-electron chi connectivity index (χ1n) is 4.04. The van der Waals surface area contributed by atoms with Crippen LogP contribution >= 0.6 is 23.2 Å². The highest BCUT2D eigenvalue weighted by Gasteiger charge is 2.37. The Morgan fingerprint density at radius 1 is 1.31 bits per heavy atom. The zero-order valence-electron chi connectivity index (χ0n) is 7.65. The van der Waals surface area contributed by atoms with E-state index in [2.05, 4.69) is 4.98 Å². The van der Waals surface area contributed by atoms with Crippen LogP contribution in [0.25, 0.3) is 0 Å². The quantitative estimate of drug-likeness (QED) is 0.666. The van der Waals surface area contributed by atoms with Crippen LogP contribution in [0.15, 0.2) is 6.07 Å². The Labute approximate surface area is 98.4 Å². The molecule has 16 heavy (non-hydrogen) atoms. The maximum Gasteiger partial charge on any atom is 0.403 e. The zero-order chi connectivity index (χ0) is 12.5. The molecule has 0 radical (unpaired) electrons. The number of alkyl halides is 3. The van der Waals surface area contributed by atoms with Gasteiger partial charge in [0.05, 0.1) is 0 Å². The molecule has 0 aromatic carbocycles. The normalized spacial score (nSPS) is 13.9. The van der Waals surface area contributed by atoms with E-state index in [4.69, 9.17) is 28.9 Å². The molecule has 0 aliphatic rings. The lowest BCUT2D eigenvalue weighted by molar-refractivity contribution is -0.147. The standard InChI is InChI=1S/C8H6Cl2F4N2/c9-6-3(1-4(11)7(10)16-6)2-5(15)8(12,13)14/h1,5H,2,15H2. The molecule has 0 bridgehead atoms. The first kappa shape index (κ1) is 13.5. The number of hydrogen-bond donors (Lipinski definition) is 1. The molecule has 0 aliphatic carbocycles. The maximum atomic E-state index is 12.9. The van der Waals surface area contributed by atoms with Crippen molar-refractivity contribution in [2.45, 2.75) is 18.6 Å². The highest BCUT2D eigenvalue weighted by Crippen LogP contribution is 2.26. The molecule has 1 unspecified atom stereocenters. The predicted octanol–water partition coefficient (Wildman–Crippen LogP) is 2.96. The van der Waals surface area contributed by atoms with Crippen molar-refractivity contribution in [3.63, 3.8) is 0 Å². The van der Waals surface area contributed by atoms with E-state index >= 15 is 0 Å². The van der Waals surface area contributed by atoms with E-state index in [1.54, 1.807) is 0 Å². The molecule has 1 atom stereocenters. The van der Waals surface area contributed by atoms with Crippen LogP contribution in [0.5, 0.6) is 0 Å². The molecular formula is C8H6Cl2F4N2. The van der Waals surface area contributed by atoms with E-state index in [1.807, 2.05) is 0 Å². The third-order valence-electron chi connectivity index (χ3n) is 1.82. The molecule has 1 heterocycles. The fraction of sp³-hybridized carbons (Fsp3) is 0.375. The van der Waals surface area contributed by atoms with Gasteiger partial charge in [0.15, 0.2) is 11.0 Å². The Kier molecular flexibility index (Phi) is 3.98. The van der Waals surface area contributed by atoms with Gasteiger partial charge in [-0.2, -0.15) is 13.2 Å². The highest BCUT2D eigenvalue weighted by molar-refractivity contribution is 6.32. The van der Waals surface area contributed by atoms with Crippen LogP contribution in [0, 0.1) is 5.82 Å². The zero-order valence-corrected chi connectivity index (χ0v) is 9.17. The van der Waals surface area contributed by atoms with Crippen molar-refractivity contribution >= 4 is 23.2 Å². The van der Waals surface area contributed by atoms with Crippen molar-refractivity contribution < 1.29 is 17.6 Å². The Morgan fingerprint density at radius 2 is 1.88 bits per heavy atom. The van der Waals surface area contributed by atoms with E-state index in [1.165, 1.54) is 0 Å². The number of halogens is 6. The van der Waals surface area contributed by atoms with E-state index in [9.17, 15) is 17.6 Å². The summed E-state index contributed by atoms with van der Waals surface area (Å²) in [6, 6.07) is -1.32. The minimum atomic E-state index is -4.57. The van der Waals surface area contributed by atoms with E-state index in [0.717, 1.165) is 6.07 Å². The van der Waals surface area contributed by atoms with Gasteiger partial charge in [-0.05, 0) is 18.1 Å². The molecule has 0 aliphatic heterocycles. The van der Waals surface area contributed by atoms with Crippen LogP contribution in [0.2, 0.25) is 10.3 Å². The smallest absolute Gasteiger partial charge is 0.320 e. The fourth-order valence-corrected chi connectivity index (χ4v) is 1.38. The van der Waals surface area contributed by atoms with Gasteiger partial charge in [-0.25, -0.2) is 9.37 Å². The second-order valence-electron chi connectivity index (χ2n) is 3.06. The third-order valence-corrected chi connectivity index (χ3v) is 2.41. The second-order valence-corrected chi connectivity index (χ2v) is 3.78. The van der Waals surface area contributed by atoms with Crippen LogP contribution < -0.4 is 5.73 Å². The first-order valence-corrected chi connectivity index (χ1v) is 4.80. The van der Waals surface area contributed by atoms with Crippen molar-refractivity contribution in [1.82, 2.24) is 4.98 Å². The summed E-state index contributed by atoms with van der Waals surface area (Å²) in [7, 11) is 0. The lowest BCUT2D eigenvalue weighted by Crippen LogP contribution is -2.39. The Hall–Kier alpha value is -0.590. The average molecular weight is 277 g/mol. The minimum absolute atomic E-state index is 0.131. The van der Waals surface area contributed by atoms with Crippen LogP contribution in [0.3, 0.4) is 0 Å². The van der Waals surface area contributed by atoms with Gasteiger partial charge < -0.3 is 5.73 Å². The van der Waals surface area contributed by atoms with Gasteiger partial charge in [-0.3, -0.25) is 0 Å². The first-order chi connectivity index (χ1) is 7.21. The van der Waals surface area contributed by atoms with E-state index in [0.29, 0.717) is 0 Å². The van der Waals surface area contributed by atoms with Crippen LogP contribution in [0.4, 0.5) is 17.6 Å². The SMILES string of the molecule is NC(Cc1cc(F)c(Cl)nc1Cl)C(F)(F)F. The summed E-state index contributed by atoms with van der Waals surface area (Å²) in [6.07, 6.45) is -5.22. The molecule has 0 fully saturated rings. The summed E-state index contributed by atoms with van der Waals surface area (Å²) in [4.78, 5) is 3.34. The fourth-order valence-electron chi connectivity index (χ4n) is 0.979. The number of pyridine rings is 1. The lowest BCUT2D eigenvalue weighted by Gasteiger charge is -2.15. The largest absolute Gasteiger partial charge is 0.403 e. The van der Waals surface area contributed by atoms with Gasteiger partial charge in [0.2, 0.25) is 0 Å². The monoisotopic (exact) mass is 276 g/mol. The lowest BCUT2D eigenvalue weighted by atomic mass is 10.1. The van der Waals surface area contributed by atoms with Crippen molar-refractivity contribution in [2.24, 2.45) is 5.73 Å². The molecule has 1 rings (SSSR count). The summed E-state index contributed by atoms with van der Waals surface area (Å²) in [5.74, 6) is -0.935. The second kappa shape index (κ2) is 4.73. The Morgan fingerprint density at radius 3 is 2.38 bits per heavy atom. The molecule has 0 saturated heterocycles. The Bertz CT molecular complexity index is 394. The van der Waals surface area contributed by atoms with Crippen LogP contribution in [-0.4, -0.2) is 17.2 Å². The summed E-state index contributed by atoms with van der Waals surface area (Å²) >= 11 is 10.8. The topological polar surface area (TPSA) is 38.9 Å². The molecule has 0 amide bonds. The summed E-state index contributed by atoms with van der Waals surface area (Å²) in [5.41, 5.74) is 4.74. The number of nitrogens with zero attached hydrogens (tertiary/aromatic N) is 1. The molecule has 8 heteroatoms. The summed E-state index contributed by atoms with van der Waals surface area (Å²) in [6.45, 7) is 0. The maximum absolute atomic E-state index is 12.9. The van der Waals surface area contributed by atoms with E-state index in [-0.39, 0.29) is 10.7 Å². The van der Waals surface area contributed by atoms with Crippen LogP contribution in [-0.2, 0) is 6.42 Å². The molecule has 0 saturated carbocycles. The third kappa shape index (κ3) is 3.20. The molecule has 2 nitrogen and oxygen atoms in total. The number of rotatable bonds is 2. The van der Waals surface area contributed by atoms with Crippen molar-refractivity contribution in [1.29, 1.82) is 0 Å². The van der Waals surface area contributed by atoms with Gasteiger partial charge in [-0.15, -0.1) is 0 Å². The molecule has 1 aromatic heterocycles. The van der Waals surface area contributed by atoms with Crippen molar-refractivity contribution in [2.75, 3.05) is 0 Å². The van der Waals surface area contributed by atoms with Crippen molar-refractivity contribution in [3.8, 4) is 0 Å². The molecular weight excluding hydrogens is 271 g/mol. The van der Waals surface area contributed by atoms with Gasteiger partial charge >= 0.3 is 6.18 Å². The Balaban J connectivity index is 2.94. The number of hydrogen-bond acceptors (Lipinski definition) is 2. The summed E-state index contributed by atoms with van der Waals surface area (Å²) < 4.78 is 49.3. The molecule has 90 valence electrons. The van der Waals surface area contributed by atoms with E-state index < -0.39 is 29.6 Å². The highest BCUT2D eigenvalue weighted by atomic mass is 35.5. The summed E-state index contributed by atoms with van der Waals surface area (Å²) in [5, 5.41) is -0.777. The molecule has 2 N–H and O–H groups in total. The predicted molar refractivity (Wildman–Crippen MR) is 51.9 cm³/mol. The molecule has 1 aromatic rings. The van der Waals surface area contributed by atoms with Gasteiger partial charge in [0.25, 0.3) is 0 Å². The van der Waals surface area contributed by atoms with Crippen molar-refractivity contribution in [3.05, 3.63) is 27.8 Å². The molecule has 0 spiro atoms. The van der Waals surface area contributed by atoms with Crippen LogP contribution in [0.1, 0.15) is 5.56 Å². The number of aromatic nitrogens is 1. The van der Waals surface area contributed by atoms with Gasteiger partial charge in [0, 0.05) is 0 Å². The number of nitrogens with two attached hydrogens (primary N) is 1. The average Bonchev–Trinajstić information content (AvgIpc) is 2.12. The van der Waals surface area contributed by atoms with Gasteiger partial charge in [-0.1, -0.05) is 23.2 Å².